The van der Waals surface area contributed by atoms with Crippen LogP contribution in [0.2, 0.25) is 0 Å². The number of pyridine rings is 1. The molecule has 0 radical (unpaired) electrons. The molecular weight excluding hydrogens is 429 g/mol. The number of methoxy groups -OCH3 is 1. The van der Waals surface area contributed by atoms with E-state index in [2.05, 4.69) is 26.4 Å². The first-order valence-electron chi connectivity index (χ1n) is 10.6. The summed E-state index contributed by atoms with van der Waals surface area (Å²) in [5, 5.41) is 15.3. The number of hydrogen-bond donors (Lipinski definition) is 2. The van der Waals surface area contributed by atoms with Gasteiger partial charge in [0, 0.05) is 47.9 Å². The van der Waals surface area contributed by atoms with E-state index in [-0.39, 0.29) is 30.3 Å². The number of cyclic esters (lactones) is 1. The minimum Gasteiger partial charge on any atom is -0.453 e. The summed E-state index contributed by atoms with van der Waals surface area (Å²) in [5.74, 6) is -0.0940. The molecule has 170 valence electrons. The van der Waals surface area contributed by atoms with Gasteiger partial charge >= 0.3 is 12.2 Å². The number of halogens is 1. The minimum atomic E-state index is -0.621. The van der Waals surface area contributed by atoms with Gasteiger partial charge in [-0.05, 0) is 24.3 Å². The maximum absolute atomic E-state index is 15.0. The van der Waals surface area contributed by atoms with Crippen LogP contribution < -0.4 is 15.5 Å². The summed E-state index contributed by atoms with van der Waals surface area (Å²) < 4.78 is 24.7. The van der Waals surface area contributed by atoms with E-state index in [1.807, 2.05) is 12.1 Å². The number of amides is 2. The highest BCUT2D eigenvalue weighted by atomic mass is 19.1. The maximum atomic E-state index is 15.0. The molecule has 33 heavy (non-hydrogen) atoms. The molecule has 1 aliphatic carbocycles. The van der Waals surface area contributed by atoms with Crippen molar-refractivity contribution in [2.24, 2.45) is 11.3 Å². The van der Waals surface area contributed by atoms with Crippen molar-refractivity contribution in [3.05, 3.63) is 48.0 Å². The summed E-state index contributed by atoms with van der Waals surface area (Å²) >= 11 is 0. The van der Waals surface area contributed by atoms with Crippen molar-refractivity contribution in [1.29, 1.82) is 5.26 Å². The molecule has 2 aliphatic heterocycles. The normalized spacial score (nSPS) is 27.5. The molecule has 2 aromatic rings. The zero-order valence-corrected chi connectivity index (χ0v) is 17.9. The number of hydrogen-bond acceptors (Lipinski definition) is 7. The first-order valence-corrected chi connectivity index (χ1v) is 10.6. The second-order valence-electron chi connectivity index (χ2n) is 8.49. The number of fused-ring (bicyclic) bond motifs is 1. The molecule has 1 saturated carbocycles. The van der Waals surface area contributed by atoms with Gasteiger partial charge in [0.1, 0.15) is 11.9 Å². The zero-order valence-electron chi connectivity index (χ0n) is 17.9. The molecule has 5 rings (SSSR count). The van der Waals surface area contributed by atoms with Gasteiger partial charge < -0.3 is 20.1 Å². The monoisotopic (exact) mass is 451 g/mol. The first kappa shape index (κ1) is 21.2. The van der Waals surface area contributed by atoms with Gasteiger partial charge in [0.25, 0.3) is 0 Å². The van der Waals surface area contributed by atoms with Crippen LogP contribution in [-0.4, -0.2) is 56.6 Å². The number of carbonyl (C=O) groups excluding carboxylic acids is 2. The lowest BCUT2D eigenvalue weighted by molar-refractivity contribution is 0.132. The van der Waals surface area contributed by atoms with E-state index in [0.717, 1.165) is 12.2 Å². The molecule has 3 fully saturated rings. The quantitative estimate of drug-likeness (QED) is 0.717. The van der Waals surface area contributed by atoms with Crippen LogP contribution >= 0.6 is 0 Å². The lowest BCUT2D eigenvalue weighted by Crippen LogP contribution is -2.34. The Labute approximate surface area is 189 Å². The second-order valence-corrected chi connectivity index (χ2v) is 8.49. The Morgan fingerprint density at radius 2 is 2.30 bits per heavy atom. The third-order valence-corrected chi connectivity index (χ3v) is 6.71. The fraction of sp³-hybridized carbons (Fsp3) is 0.391. The van der Waals surface area contributed by atoms with Gasteiger partial charge in [-0.15, -0.1) is 0 Å². The van der Waals surface area contributed by atoms with Crippen LogP contribution in [0.15, 0.2) is 36.5 Å². The van der Waals surface area contributed by atoms with Crippen LogP contribution in [0.3, 0.4) is 0 Å². The highest BCUT2D eigenvalue weighted by molar-refractivity contribution is 5.90. The van der Waals surface area contributed by atoms with Crippen molar-refractivity contribution >= 4 is 17.9 Å². The van der Waals surface area contributed by atoms with E-state index in [0.29, 0.717) is 23.4 Å². The Bertz CT molecular complexity index is 1150. The number of ether oxygens (including phenoxy) is 2. The summed E-state index contributed by atoms with van der Waals surface area (Å²) in [4.78, 5) is 29.2. The number of carbonyl (C=O) groups is 2. The molecule has 2 N–H and O–H groups in total. The van der Waals surface area contributed by atoms with Gasteiger partial charge in [0.2, 0.25) is 0 Å². The zero-order chi connectivity index (χ0) is 23.2. The van der Waals surface area contributed by atoms with E-state index in [4.69, 9.17) is 4.74 Å². The smallest absolute Gasteiger partial charge is 0.414 e. The van der Waals surface area contributed by atoms with Gasteiger partial charge in [-0.3, -0.25) is 9.88 Å². The standard InChI is InChI=1S/C23H22FN5O4/c1-32-21(30)28-8-15-10-29(22(31)33-15)14-3-4-16(18(24)6-14)13-2-5-19(27-7-13)20-17-9-26-12-23(17,20)11-25/h2-7,15,17,20,26H,8-10,12H2,1H3,(H,28,30)/t15-,17+,20+,23+/m0/s1. The van der Waals surface area contributed by atoms with Gasteiger partial charge in [-0.25, -0.2) is 14.0 Å². The Hall–Kier alpha value is -3.71. The van der Waals surface area contributed by atoms with Crippen LogP contribution in [0.5, 0.6) is 0 Å². The van der Waals surface area contributed by atoms with Gasteiger partial charge in [0.05, 0.1) is 37.4 Å². The van der Waals surface area contributed by atoms with Gasteiger partial charge in [-0.1, -0.05) is 6.07 Å². The SMILES string of the molecule is COC(=O)NC[C@H]1CN(c2ccc(-c3ccc([C@H]4[C@H]5CNC[C@]54C#N)nc3)c(F)c2)C(=O)O1. The third kappa shape index (κ3) is 3.54. The second kappa shape index (κ2) is 8.01. The highest BCUT2D eigenvalue weighted by Gasteiger charge is 2.68. The average molecular weight is 451 g/mol. The van der Waals surface area contributed by atoms with Crippen LogP contribution in [0.4, 0.5) is 19.7 Å². The lowest BCUT2D eigenvalue weighted by atomic mass is 10.0. The number of nitrogens with one attached hydrogen (secondary N) is 2. The van der Waals surface area contributed by atoms with E-state index in [9.17, 15) is 19.2 Å². The Balaban J connectivity index is 1.28. The van der Waals surface area contributed by atoms with Gasteiger partial charge in [0.15, 0.2) is 0 Å². The molecule has 3 aliphatic rings. The van der Waals surface area contributed by atoms with E-state index in [1.54, 1.807) is 18.3 Å². The molecule has 2 amide bonds. The first-order chi connectivity index (χ1) is 16.0. The number of anilines is 1. The molecule has 0 spiro atoms. The number of rotatable bonds is 5. The van der Waals surface area contributed by atoms with Crippen LogP contribution in [0.25, 0.3) is 11.1 Å². The summed E-state index contributed by atoms with van der Waals surface area (Å²) in [6.45, 7) is 1.77. The van der Waals surface area contributed by atoms with E-state index in [1.165, 1.54) is 18.1 Å². The lowest BCUT2D eigenvalue weighted by Gasteiger charge is -2.15. The van der Waals surface area contributed by atoms with E-state index >= 15 is 0 Å². The van der Waals surface area contributed by atoms with E-state index < -0.39 is 24.1 Å². The molecule has 1 aromatic carbocycles. The van der Waals surface area contributed by atoms with Crippen LogP contribution in [0, 0.1) is 28.5 Å². The maximum Gasteiger partial charge on any atom is 0.414 e. The Morgan fingerprint density at radius 1 is 1.45 bits per heavy atom. The van der Waals surface area contributed by atoms with Crippen LogP contribution in [-0.2, 0) is 9.47 Å². The fourth-order valence-electron chi connectivity index (χ4n) is 4.92. The molecule has 1 aromatic heterocycles. The highest BCUT2D eigenvalue weighted by Crippen LogP contribution is 2.65. The number of piperidine rings is 1. The molecule has 3 heterocycles. The molecule has 2 saturated heterocycles. The summed E-state index contributed by atoms with van der Waals surface area (Å²) in [6.07, 6.45) is -0.173. The van der Waals surface area contributed by atoms with Crippen molar-refractivity contribution in [1.82, 2.24) is 15.6 Å². The molecule has 9 nitrogen and oxygen atoms in total. The molecule has 4 atom stereocenters. The molecule has 10 heteroatoms. The number of nitriles is 1. The number of aromatic nitrogens is 1. The predicted octanol–water partition coefficient (Wildman–Crippen LogP) is 2.40. The largest absolute Gasteiger partial charge is 0.453 e. The average Bonchev–Trinajstić information content (AvgIpc) is 3.09. The summed E-state index contributed by atoms with van der Waals surface area (Å²) in [6, 6.07) is 10.6. The van der Waals surface area contributed by atoms with Crippen molar-refractivity contribution in [2.75, 3.05) is 38.2 Å². The third-order valence-electron chi connectivity index (χ3n) is 6.71. The minimum absolute atomic E-state index is 0.0957. The molecular formula is C23H22FN5O4. The van der Waals surface area contributed by atoms with Crippen molar-refractivity contribution < 1.29 is 23.5 Å². The summed E-state index contributed by atoms with van der Waals surface area (Å²) in [7, 11) is 1.24. The van der Waals surface area contributed by atoms with Crippen molar-refractivity contribution in [3.8, 4) is 17.2 Å². The fourth-order valence-corrected chi connectivity index (χ4v) is 4.92. The Morgan fingerprint density at radius 3 is 2.97 bits per heavy atom. The van der Waals surface area contributed by atoms with Crippen LogP contribution in [0.1, 0.15) is 11.6 Å². The number of benzene rings is 1. The number of alkyl carbamates (subject to hydrolysis) is 1. The number of nitrogens with zero attached hydrogens (tertiary/aromatic N) is 3. The topological polar surface area (TPSA) is 117 Å². The molecule has 0 bridgehead atoms. The summed E-state index contributed by atoms with van der Waals surface area (Å²) in [5.41, 5.74) is 1.83. The molecule has 0 unspecified atom stereocenters. The van der Waals surface area contributed by atoms with Gasteiger partial charge in [-0.2, -0.15) is 5.26 Å². The van der Waals surface area contributed by atoms with Crippen molar-refractivity contribution in [2.45, 2.75) is 12.0 Å². The Kier molecular flexibility index (Phi) is 5.13. The van der Waals surface area contributed by atoms with Crippen molar-refractivity contribution in [3.63, 3.8) is 0 Å². The predicted molar refractivity (Wildman–Crippen MR) is 115 cm³/mol.